The fourth-order valence-corrected chi connectivity index (χ4v) is 1.46. The van der Waals surface area contributed by atoms with Crippen molar-refractivity contribution in [1.82, 2.24) is 4.98 Å². The molecule has 4 heteroatoms. The van der Waals surface area contributed by atoms with Gasteiger partial charge in [0, 0.05) is 17.6 Å². The van der Waals surface area contributed by atoms with Crippen molar-refractivity contribution < 1.29 is 4.39 Å². The second kappa shape index (κ2) is 3.24. The Kier molecular flexibility index (Phi) is 2.06. The van der Waals surface area contributed by atoms with E-state index in [2.05, 4.69) is 4.98 Å². The van der Waals surface area contributed by atoms with Crippen LogP contribution in [0.4, 0.5) is 4.39 Å². The van der Waals surface area contributed by atoms with Crippen molar-refractivity contribution in [2.24, 2.45) is 0 Å². The van der Waals surface area contributed by atoms with Gasteiger partial charge >= 0.3 is 0 Å². The molecule has 1 aromatic carbocycles. The Morgan fingerprint density at radius 3 is 2.93 bits per heavy atom. The zero-order chi connectivity index (χ0) is 10.1. The summed E-state index contributed by atoms with van der Waals surface area (Å²) in [6.45, 7) is 0. The highest BCUT2D eigenvalue weighted by atomic mass is 35.5. The van der Waals surface area contributed by atoms with E-state index >= 15 is 0 Å². The molecule has 0 aliphatic carbocycles. The Labute approximate surface area is 84.6 Å². The van der Waals surface area contributed by atoms with Gasteiger partial charge in [-0.25, -0.2) is 4.39 Å². The van der Waals surface area contributed by atoms with Crippen LogP contribution in [0.2, 0.25) is 5.02 Å². The summed E-state index contributed by atoms with van der Waals surface area (Å²) in [5.41, 5.74) is 0.750. The van der Waals surface area contributed by atoms with Crippen LogP contribution in [0.15, 0.2) is 24.4 Å². The van der Waals surface area contributed by atoms with E-state index < -0.39 is 0 Å². The number of nitrogens with zero attached hydrogens (tertiary/aromatic N) is 2. The molecule has 2 rings (SSSR count). The molecule has 0 fully saturated rings. The lowest BCUT2D eigenvalue weighted by Crippen LogP contribution is -1.85. The lowest BCUT2D eigenvalue weighted by molar-refractivity contribution is 0.629. The van der Waals surface area contributed by atoms with Gasteiger partial charge in [-0.2, -0.15) is 5.26 Å². The van der Waals surface area contributed by atoms with E-state index in [-0.39, 0.29) is 5.82 Å². The van der Waals surface area contributed by atoms with Gasteiger partial charge in [-0.05, 0) is 12.1 Å². The van der Waals surface area contributed by atoms with Gasteiger partial charge in [0.25, 0.3) is 0 Å². The zero-order valence-electron chi connectivity index (χ0n) is 6.96. The Balaban J connectivity index is 2.85. The van der Waals surface area contributed by atoms with E-state index in [0.29, 0.717) is 21.5 Å². The van der Waals surface area contributed by atoms with E-state index in [0.717, 1.165) is 0 Å². The van der Waals surface area contributed by atoms with Crippen molar-refractivity contribution in [2.45, 2.75) is 0 Å². The number of fused-ring (bicyclic) bond motifs is 1. The van der Waals surface area contributed by atoms with Gasteiger partial charge in [0.2, 0.25) is 0 Å². The summed E-state index contributed by atoms with van der Waals surface area (Å²) in [5.74, 6) is -0.370. The van der Waals surface area contributed by atoms with Gasteiger partial charge in [0.05, 0.1) is 16.1 Å². The molecular formula is C10H4ClFN2. The third-order valence-electron chi connectivity index (χ3n) is 1.89. The van der Waals surface area contributed by atoms with Crippen molar-refractivity contribution in [3.63, 3.8) is 0 Å². The van der Waals surface area contributed by atoms with Crippen LogP contribution in [0.1, 0.15) is 5.56 Å². The molecule has 0 amide bonds. The fraction of sp³-hybridized carbons (Fsp3) is 0. The first-order chi connectivity index (χ1) is 6.72. The topological polar surface area (TPSA) is 36.7 Å². The lowest BCUT2D eigenvalue weighted by Gasteiger charge is -2.00. The maximum atomic E-state index is 12.8. The van der Waals surface area contributed by atoms with Gasteiger partial charge in [-0.1, -0.05) is 11.6 Å². The number of hydrogen-bond acceptors (Lipinski definition) is 2. The molecule has 2 aromatic rings. The lowest BCUT2D eigenvalue weighted by atomic mass is 10.1. The molecule has 2 nitrogen and oxygen atoms in total. The van der Waals surface area contributed by atoms with Crippen LogP contribution >= 0.6 is 11.6 Å². The molecule has 0 bridgehead atoms. The molecule has 0 atom stereocenters. The van der Waals surface area contributed by atoms with Gasteiger partial charge in [0.1, 0.15) is 11.9 Å². The van der Waals surface area contributed by atoms with E-state index in [4.69, 9.17) is 16.9 Å². The summed E-state index contributed by atoms with van der Waals surface area (Å²) in [4.78, 5) is 3.93. The minimum Gasteiger partial charge on any atom is -0.255 e. The highest BCUT2D eigenvalue weighted by Gasteiger charge is 2.06. The molecule has 0 aliphatic heterocycles. The second-order valence-corrected chi connectivity index (χ2v) is 3.14. The highest BCUT2D eigenvalue weighted by molar-refractivity contribution is 6.36. The van der Waals surface area contributed by atoms with Crippen LogP contribution in [0.25, 0.3) is 10.9 Å². The molecule has 0 saturated heterocycles. The maximum absolute atomic E-state index is 12.8. The first-order valence-electron chi connectivity index (χ1n) is 3.86. The van der Waals surface area contributed by atoms with Gasteiger partial charge < -0.3 is 0 Å². The Morgan fingerprint density at radius 1 is 1.43 bits per heavy atom. The zero-order valence-corrected chi connectivity index (χ0v) is 7.72. The molecule has 1 heterocycles. The average molecular weight is 207 g/mol. The van der Waals surface area contributed by atoms with Crippen molar-refractivity contribution in [3.05, 3.63) is 40.8 Å². The highest BCUT2D eigenvalue weighted by Crippen LogP contribution is 2.25. The normalized spacial score (nSPS) is 10.1. The average Bonchev–Trinajstić information content (AvgIpc) is 2.18. The van der Waals surface area contributed by atoms with Gasteiger partial charge in [0.15, 0.2) is 0 Å². The van der Waals surface area contributed by atoms with Gasteiger partial charge in [-0.15, -0.1) is 0 Å². The second-order valence-electron chi connectivity index (χ2n) is 2.76. The van der Waals surface area contributed by atoms with Crippen LogP contribution in [-0.4, -0.2) is 4.98 Å². The monoisotopic (exact) mass is 206 g/mol. The van der Waals surface area contributed by atoms with Gasteiger partial charge in [-0.3, -0.25) is 4.98 Å². The summed E-state index contributed by atoms with van der Waals surface area (Å²) in [6.07, 6.45) is 1.34. The molecular weight excluding hydrogens is 203 g/mol. The first-order valence-corrected chi connectivity index (χ1v) is 4.24. The Bertz CT molecular complexity index is 546. The quantitative estimate of drug-likeness (QED) is 0.665. The SMILES string of the molecule is N#Cc1cnc2cc(F)ccc2c1Cl. The molecule has 0 radical (unpaired) electrons. The molecule has 14 heavy (non-hydrogen) atoms. The van der Waals surface area contributed by atoms with Crippen LogP contribution in [0.5, 0.6) is 0 Å². The van der Waals surface area contributed by atoms with Crippen LogP contribution in [0.3, 0.4) is 0 Å². The predicted octanol–water partition coefficient (Wildman–Crippen LogP) is 2.90. The maximum Gasteiger partial charge on any atom is 0.125 e. The number of rotatable bonds is 0. The summed E-state index contributed by atoms with van der Waals surface area (Å²) in [7, 11) is 0. The largest absolute Gasteiger partial charge is 0.255 e. The standard InChI is InChI=1S/C10H4ClFN2/c11-10-6(4-13)5-14-9-3-7(12)1-2-8(9)10/h1-3,5H. The number of nitriles is 1. The van der Waals surface area contributed by atoms with Crippen LogP contribution in [-0.2, 0) is 0 Å². The minimum absolute atomic E-state index is 0.297. The van der Waals surface area contributed by atoms with E-state index in [1.54, 1.807) is 0 Å². The van der Waals surface area contributed by atoms with Crippen LogP contribution in [0, 0.1) is 17.1 Å². The fourth-order valence-electron chi connectivity index (χ4n) is 1.21. The van der Waals surface area contributed by atoms with Crippen molar-refractivity contribution in [2.75, 3.05) is 0 Å². The third-order valence-corrected chi connectivity index (χ3v) is 2.29. The molecule has 0 spiro atoms. The molecule has 1 aromatic heterocycles. The molecule has 0 saturated carbocycles. The number of pyridine rings is 1. The van der Waals surface area contributed by atoms with Crippen molar-refractivity contribution in [1.29, 1.82) is 5.26 Å². The minimum atomic E-state index is -0.370. The third kappa shape index (κ3) is 1.30. The molecule has 0 unspecified atom stereocenters. The summed E-state index contributed by atoms with van der Waals surface area (Å²) in [6, 6.07) is 6.00. The van der Waals surface area contributed by atoms with E-state index in [9.17, 15) is 4.39 Å². The number of benzene rings is 1. The van der Waals surface area contributed by atoms with E-state index in [1.807, 2.05) is 6.07 Å². The summed E-state index contributed by atoms with van der Waals surface area (Å²) in [5, 5.41) is 9.59. The number of aromatic nitrogens is 1. The van der Waals surface area contributed by atoms with E-state index in [1.165, 1.54) is 24.4 Å². The number of hydrogen-bond donors (Lipinski definition) is 0. The molecule has 68 valence electrons. The smallest absolute Gasteiger partial charge is 0.125 e. The Morgan fingerprint density at radius 2 is 2.21 bits per heavy atom. The first kappa shape index (κ1) is 8.92. The van der Waals surface area contributed by atoms with Crippen molar-refractivity contribution >= 4 is 22.5 Å². The molecule has 0 N–H and O–H groups in total. The number of halogens is 2. The van der Waals surface area contributed by atoms with Crippen LogP contribution < -0.4 is 0 Å². The Hall–Kier alpha value is -1.66. The summed E-state index contributed by atoms with van der Waals surface area (Å²) >= 11 is 5.91. The predicted molar refractivity (Wildman–Crippen MR) is 51.4 cm³/mol. The van der Waals surface area contributed by atoms with Crippen molar-refractivity contribution in [3.8, 4) is 6.07 Å². The molecule has 0 aliphatic rings. The summed E-state index contributed by atoms with van der Waals surface area (Å²) < 4.78 is 12.8.